The molecule has 1 N–H and O–H groups in total. The van der Waals surface area contributed by atoms with Gasteiger partial charge in [0, 0.05) is 42.5 Å². The topological polar surface area (TPSA) is 82.6 Å². The number of nitrogens with one attached hydrogen (secondary N) is 1. The fraction of sp³-hybridized carbons (Fsp3) is 0.238. The first kappa shape index (κ1) is 20.3. The molecule has 2 aromatic carbocycles. The van der Waals surface area contributed by atoms with E-state index in [0.717, 1.165) is 29.2 Å². The predicted molar refractivity (Wildman–Crippen MR) is 125 cm³/mol. The van der Waals surface area contributed by atoms with Crippen molar-refractivity contribution in [2.24, 2.45) is 0 Å². The third kappa shape index (κ3) is 3.66. The summed E-state index contributed by atoms with van der Waals surface area (Å²) in [7, 11) is -3.72. The Kier molecular flexibility index (Phi) is 5.11. The van der Waals surface area contributed by atoms with E-state index in [9.17, 15) is 13.2 Å². The quantitative estimate of drug-likeness (QED) is 0.601. The number of aromatic nitrogens is 1. The SMILES string of the molecule is O=C1[C@H](N2CCc3c(Cl)cccc32)CCN1c1ccc(S(=O)(=O)Nc2nccs2)cc1.[HH]. The molecule has 5 rings (SSSR count). The number of thiazole rings is 1. The molecule has 0 saturated carbocycles. The first-order valence-corrected chi connectivity index (χ1v) is 12.6. The van der Waals surface area contributed by atoms with Gasteiger partial charge in [-0.05, 0) is 54.8 Å². The first-order chi connectivity index (χ1) is 14.9. The van der Waals surface area contributed by atoms with Crippen LogP contribution in [0, 0.1) is 0 Å². The molecular weight excluding hydrogens is 456 g/mol. The lowest BCUT2D eigenvalue weighted by Gasteiger charge is -2.26. The highest BCUT2D eigenvalue weighted by Gasteiger charge is 2.39. The highest BCUT2D eigenvalue weighted by molar-refractivity contribution is 7.93. The van der Waals surface area contributed by atoms with Gasteiger partial charge in [0.1, 0.15) is 6.04 Å². The second-order valence-electron chi connectivity index (χ2n) is 7.41. The minimum atomic E-state index is -3.72. The van der Waals surface area contributed by atoms with E-state index in [1.54, 1.807) is 22.4 Å². The maximum Gasteiger partial charge on any atom is 0.263 e. The molecule has 7 nitrogen and oxygen atoms in total. The fourth-order valence-corrected chi connectivity index (χ4v) is 6.26. The van der Waals surface area contributed by atoms with E-state index in [4.69, 9.17) is 11.6 Å². The minimum absolute atomic E-state index is 0. The molecule has 1 aromatic heterocycles. The van der Waals surface area contributed by atoms with Crippen LogP contribution in [-0.4, -0.2) is 38.4 Å². The van der Waals surface area contributed by atoms with Gasteiger partial charge in [-0.1, -0.05) is 17.7 Å². The van der Waals surface area contributed by atoms with E-state index in [0.29, 0.717) is 23.8 Å². The summed E-state index contributed by atoms with van der Waals surface area (Å²) < 4.78 is 27.5. The van der Waals surface area contributed by atoms with Gasteiger partial charge < -0.3 is 9.80 Å². The zero-order valence-corrected chi connectivity index (χ0v) is 18.8. The molecule has 0 bridgehead atoms. The van der Waals surface area contributed by atoms with Gasteiger partial charge in [-0.25, -0.2) is 13.4 Å². The number of hydrogen-bond donors (Lipinski definition) is 1. The van der Waals surface area contributed by atoms with Gasteiger partial charge in [-0.3, -0.25) is 9.52 Å². The fourth-order valence-electron chi connectivity index (χ4n) is 4.20. The zero-order chi connectivity index (χ0) is 21.6. The Balaban J connectivity index is 0.00000245. The molecule has 1 atom stereocenters. The van der Waals surface area contributed by atoms with Gasteiger partial charge in [0.2, 0.25) is 5.91 Å². The lowest BCUT2D eigenvalue weighted by Crippen LogP contribution is -2.41. The molecule has 3 aromatic rings. The van der Waals surface area contributed by atoms with Crippen LogP contribution >= 0.6 is 22.9 Å². The number of benzene rings is 2. The number of sulfonamides is 1. The maximum absolute atomic E-state index is 13.2. The van der Waals surface area contributed by atoms with Crippen molar-refractivity contribution < 1.29 is 14.6 Å². The number of nitrogens with zero attached hydrogens (tertiary/aromatic N) is 3. The van der Waals surface area contributed by atoms with Crippen molar-refractivity contribution in [2.45, 2.75) is 23.8 Å². The molecule has 1 fully saturated rings. The first-order valence-electron chi connectivity index (χ1n) is 9.82. The van der Waals surface area contributed by atoms with Gasteiger partial charge in [-0.15, -0.1) is 11.3 Å². The second kappa shape index (κ2) is 7.81. The summed E-state index contributed by atoms with van der Waals surface area (Å²) in [5, 5.41) is 2.75. The average Bonchev–Trinajstić information content (AvgIpc) is 3.48. The summed E-state index contributed by atoms with van der Waals surface area (Å²) in [5.41, 5.74) is 2.81. The molecule has 2 aliphatic rings. The standard InChI is InChI=1S/C21H19ClN4O3S2.H2/c22-17-2-1-3-18-16(17)8-11-26(18)19-9-12-25(20(19)27)14-4-6-15(7-5-14)31(28,29)24-21-23-10-13-30-21;/h1-7,10,13,19H,8-9,11-12H2,(H,23,24);1H/t19-;/m1./s1. The molecule has 10 heteroatoms. The summed E-state index contributed by atoms with van der Waals surface area (Å²) in [5.74, 6) is 0.0179. The number of anilines is 3. The summed E-state index contributed by atoms with van der Waals surface area (Å²) in [6.07, 6.45) is 3.07. The Morgan fingerprint density at radius 3 is 2.71 bits per heavy atom. The number of amides is 1. The van der Waals surface area contributed by atoms with Crippen LogP contribution in [0.3, 0.4) is 0 Å². The smallest absolute Gasteiger partial charge is 0.263 e. The summed E-state index contributed by atoms with van der Waals surface area (Å²) in [6, 6.07) is 11.9. The number of carbonyl (C=O) groups excluding carboxylic acids is 1. The molecule has 0 spiro atoms. The third-order valence-electron chi connectivity index (χ3n) is 5.67. The van der Waals surface area contributed by atoms with E-state index in [1.165, 1.54) is 29.7 Å². The monoisotopic (exact) mass is 476 g/mol. The summed E-state index contributed by atoms with van der Waals surface area (Å²) in [4.78, 5) is 21.1. The van der Waals surface area contributed by atoms with Crippen LogP contribution in [-0.2, 0) is 21.2 Å². The van der Waals surface area contributed by atoms with Gasteiger partial charge in [-0.2, -0.15) is 0 Å². The minimum Gasteiger partial charge on any atom is -0.359 e. The Labute approximate surface area is 190 Å². The van der Waals surface area contributed by atoms with Crippen LogP contribution in [0.5, 0.6) is 0 Å². The molecule has 3 heterocycles. The van der Waals surface area contributed by atoms with Crippen molar-refractivity contribution in [3.63, 3.8) is 0 Å². The van der Waals surface area contributed by atoms with E-state index in [-0.39, 0.29) is 18.3 Å². The maximum atomic E-state index is 13.2. The number of rotatable bonds is 5. The highest BCUT2D eigenvalue weighted by atomic mass is 35.5. The Hall–Kier alpha value is -2.62. The molecule has 1 amide bonds. The number of halogens is 1. The van der Waals surface area contributed by atoms with Crippen LogP contribution in [0.25, 0.3) is 0 Å². The van der Waals surface area contributed by atoms with Crippen molar-refractivity contribution in [1.29, 1.82) is 0 Å². The molecular formula is C21H21ClN4O3S2. The predicted octanol–water partition coefficient (Wildman–Crippen LogP) is 4.01. The Morgan fingerprint density at radius 2 is 1.97 bits per heavy atom. The lowest BCUT2D eigenvalue weighted by atomic mass is 10.1. The molecule has 2 aliphatic heterocycles. The third-order valence-corrected chi connectivity index (χ3v) is 8.20. The van der Waals surface area contributed by atoms with E-state index < -0.39 is 10.0 Å². The van der Waals surface area contributed by atoms with Crippen LogP contribution in [0.4, 0.5) is 16.5 Å². The number of carbonyl (C=O) groups is 1. The summed E-state index contributed by atoms with van der Waals surface area (Å²) in [6.45, 7) is 1.35. The Bertz CT molecular complexity index is 1240. The molecule has 162 valence electrons. The summed E-state index contributed by atoms with van der Waals surface area (Å²) >= 11 is 7.53. The van der Waals surface area contributed by atoms with Crippen molar-refractivity contribution in [3.05, 3.63) is 64.6 Å². The van der Waals surface area contributed by atoms with Gasteiger partial charge in [0.15, 0.2) is 5.13 Å². The van der Waals surface area contributed by atoms with Crippen molar-refractivity contribution in [3.8, 4) is 0 Å². The van der Waals surface area contributed by atoms with Crippen LogP contribution in [0.2, 0.25) is 5.02 Å². The molecule has 31 heavy (non-hydrogen) atoms. The van der Waals surface area contributed by atoms with Crippen molar-refractivity contribution in [2.75, 3.05) is 27.6 Å². The molecule has 1 saturated heterocycles. The number of fused-ring (bicyclic) bond motifs is 1. The normalized spacial score (nSPS) is 18.5. The molecule has 0 radical (unpaired) electrons. The largest absolute Gasteiger partial charge is 0.359 e. The van der Waals surface area contributed by atoms with Crippen LogP contribution in [0.15, 0.2) is 58.9 Å². The lowest BCUT2D eigenvalue weighted by molar-refractivity contribution is -0.118. The highest BCUT2D eigenvalue weighted by Crippen LogP contribution is 2.37. The van der Waals surface area contributed by atoms with Crippen molar-refractivity contribution >= 4 is 55.4 Å². The van der Waals surface area contributed by atoms with Crippen molar-refractivity contribution in [1.82, 2.24) is 4.98 Å². The van der Waals surface area contributed by atoms with E-state index >= 15 is 0 Å². The second-order valence-corrected chi connectivity index (χ2v) is 10.4. The van der Waals surface area contributed by atoms with Crippen LogP contribution in [0.1, 0.15) is 13.4 Å². The van der Waals surface area contributed by atoms with Gasteiger partial charge in [0.05, 0.1) is 4.90 Å². The molecule has 0 aliphatic carbocycles. The Morgan fingerprint density at radius 1 is 1.16 bits per heavy atom. The van der Waals surface area contributed by atoms with Gasteiger partial charge in [0.25, 0.3) is 10.0 Å². The van der Waals surface area contributed by atoms with Gasteiger partial charge >= 0.3 is 0 Å². The molecule has 0 unspecified atom stereocenters. The zero-order valence-electron chi connectivity index (χ0n) is 16.4. The van der Waals surface area contributed by atoms with E-state index in [2.05, 4.69) is 14.6 Å². The number of hydrogen-bond acceptors (Lipinski definition) is 6. The average molecular weight is 477 g/mol. The van der Waals surface area contributed by atoms with E-state index in [1.807, 2.05) is 18.2 Å². The van der Waals surface area contributed by atoms with Crippen LogP contribution < -0.4 is 14.5 Å².